The first-order chi connectivity index (χ1) is 8.05. The SMILES string of the molecule is CCC1(C(=O)N2CCC(C)(CN)C2)CCCC1. The number of carbonyl (C=O) groups is 1. The smallest absolute Gasteiger partial charge is 0.228 e. The van der Waals surface area contributed by atoms with E-state index in [4.69, 9.17) is 5.73 Å². The summed E-state index contributed by atoms with van der Waals surface area (Å²) in [4.78, 5) is 14.8. The van der Waals surface area contributed by atoms with Crippen LogP contribution in [0.15, 0.2) is 0 Å². The van der Waals surface area contributed by atoms with E-state index in [1.54, 1.807) is 0 Å². The Hall–Kier alpha value is -0.570. The first kappa shape index (κ1) is 12.9. The summed E-state index contributed by atoms with van der Waals surface area (Å²) in [5.74, 6) is 0.412. The van der Waals surface area contributed by atoms with Crippen LogP contribution in [0.25, 0.3) is 0 Å². The molecule has 0 aromatic heterocycles. The summed E-state index contributed by atoms with van der Waals surface area (Å²) < 4.78 is 0. The second kappa shape index (κ2) is 4.60. The minimum absolute atomic E-state index is 0.0279. The van der Waals surface area contributed by atoms with Crippen LogP contribution in [0.4, 0.5) is 0 Å². The molecule has 1 unspecified atom stereocenters. The van der Waals surface area contributed by atoms with Crippen LogP contribution in [-0.2, 0) is 4.79 Å². The maximum Gasteiger partial charge on any atom is 0.228 e. The minimum Gasteiger partial charge on any atom is -0.342 e. The van der Waals surface area contributed by atoms with Crippen molar-refractivity contribution in [3.8, 4) is 0 Å². The number of likely N-dealkylation sites (tertiary alicyclic amines) is 1. The number of carbonyl (C=O) groups excluding carboxylic acids is 1. The first-order valence-corrected chi connectivity index (χ1v) is 7.05. The Morgan fingerprint density at radius 3 is 2.41 bits per heavy atom. The maximum absolute atomic E-state index is 12.7. The van der Waals surface area contributed by atoms with Gasteiger partial charge < -0.3 is 10.6 Å². The summed E-state index contributed by atoms with van der Waals surface area (Å²) >= 11 is 0. The Bertz CT molecular complexity index is 297. The van der Waals surface area contributed by atoms with Crippen LogP contribution in [0.2, 0.25) is 0 Å². The molecule has 2 aliphatic rings. The highest BCUT2D eigenvalue weighted by Crippen LogP contribution is 2.44. The van der Waals surface area contributed by atoms with E-state index >= 15 is 0 Å². The van der Waals surface area contributed by atoms with E-state index in [1.807, 2.05) is 0 Å². The van der Waals surface area contributed by atoms with Gasteiger partial charge in [-0.2, -0.15) is 0 Å². The van der Waals surface area contributed by atoms with E-state index in [9.17, 15) is 4.79 Å². The van der Waals surface area contributed by atoms with Gasteiger partial charge in [0, 0.05) is 18.5 Å². The molecule has 0 aromatic carbocycles. The molecule has 1 amide bonds. The monoisotopic (exact) mass is 238 g/mol. The number of nitrogens with zero attached hydrogens (tertiary/aromatic N) is 1. The number of hydrogen-bond donors (Lipinski definition) is 1. The van der Waals surface area contributed by atoms with E-state index in [-0.39, 0.29) is 10.8 Å². The maximum atomic E-state index is 12.7. The van der Waals surface area contributed by atoms with Gasteiger partial charge in [-0.25, -0.2) is 0 Å². The molecule has 17 heavy (non-hydrogen) atoms. The standard InChI is InChI=1S/C14H26N2O/c1-3-14(6-4-5-7-14)12(17)16-9-8-13(2,10-15)11-16/h3-11,15H2,1-2H3. The number of hydrogen-bond acceptors (Lipinski definition) is 2. The van der Waals surface area contributed by atoms with Gasteiger partial charge in [0.1, 0.15) is 0 Å². The van der Waals surface area contributed by atoms with Crippen molar-refractivity contribution in [2.75, 3.05) is 19.6 Å². The van der Waals surface area contributed by atoms with E-state index in [2.05, 4.69) is 18.7 Å². The van der Waals surface area contributed by atoms with Gasteiger partial charge in [-0.15, -0.1) is 0 Å². The van der Waals surface area contributed by atoms with Crippen LogP contribution >= 0.6 is 0 Å². The molecular weight excluding hydrogens is 212 g/mol. The zero-order chi connectivity index (χ0) is 12.5. The fraction of sp³-hybridized carbons (Fsp3) is 0.929. The number of rotatable bonds is 3. The number of nitrogens with two attached hydrogens (primary N) is 1. The summed E-state index contributed by atoms with van der Waals surface area (Å²) in [6, 6.07) is 0. The third-order valence-corrected chi connectivity index (χ3v) is 5.03. The topological polar surface area (TPSA) is 46.3 Å². The van der Waals surface area contributed by atoms with Crippen LogP contribution in [0.1, 0.15) is 52.4 Å². The van der Waals surface area contributed by atoms with Gasteiger partial charge in [0.2, 0.25) is 5.91 Å². The van der Waals surface area contributed by atoms with Crippen molar-refractivity contribution >= 4 is 5.91 Å². The van der Waals surface area contributed by atoms with Crippen molar-refractivity contribution in [1.29, 1.82) is 0 Å². The average Bonchev–Trinajstić information content (AvgIpc) is 2.96. The second-order valence-electron chi connectivity index (χ2n) is 6.33. The lowest BCUT2D eigenvalue weighted by Gasteiger charge is -2.32. The van der Waals surface area contributed by atoms with Crippen LogP contribution in [-0.4, -0.2) is 30.4 Å². The molecule has 0 bridgehead atoms. The van der Waals surface area contributed by atoms with E-state index in [1.165, 1.54) is 12.8 Å². The van der Waals surface area contributed by atoms with Gasteiger partial charge in [0.25, 0.3) is 0 Å². The molecule has 0 aromatic rings. The molecule has 1 aliphatic carbocycles. The quantitative estimate of drug-likeness (QED) is 0.819. The van der Waals surface area contributed by atoms with E-state index in [0.29, 0.717) is 12.5 Å². The van der Waals surface area contributed by atoms with Crippen molar-refractivity contribution in [2.24, 2.45) is 16.6 Å². The van der Waals surface area contributed by atoms with Crippen LogP contribution in [0, 0.1) is 10.8 Å². The van der Waals surface area contributed by atoms with Crippen molar-refractivity contribution in [3.63, 3.8) is 0 Å². The molecule has 1 saturated heterocycles. The van der Waals surface area contributed by atoms with Crippen molar-refractivity contribution in [3.05, 3.63) is 0 Å². The predicted molar refractivity (Wildman–Crippen MR) is 69.6 cm³/mol. The normalized spacial score (nSPS) is 32.1. The zero-order valence-corrected chi connectivity index (χ0v) is 11.3. The minimum atomic E-state index is -0.0279. The predicted octanol–water partition coefficient (Wildman–Crippen LogP) is 2.15. The lowest BCUT2D eigenvalue weighted by atomic mass is 9.82. The summed E-state index contributed by atoms with van der Waals surface area (Å²) in [7, 11) is 0. The van der Waals surface area contributed by atoms with Gasteiger partial charge in [-0.1, -0.05) is 26.7 Å². The van der Waals surface area contributed by atoms with Gasteiger partial charge >= 0.3 is 0 Å². The molecule has 2 rings (SSSR count). The highest BCUT2D eigenvalue weighted by Gasteiger charge is 2.45. The average molecular weight is 238 g/mol. The van der Waals surface area contributed by atoms with Crippen molar-refractivity contribution in [2.45, 2.75) is 52.4 Å². The van der Waals surface area contributed by atoms with Gasteiger partial charge in [0.05, 0.1) is 0 Å². The van der Waals surface area contributed by atoms with Crippen molar-refractivity contribution < 1.29 is 4.79 Å². The fourth-order valence-electron chi connectivity index (χ4n) is 3.47. The molecule has 1 saturated carbocycles. The lowest BCUT2D eigenvalue weighted by Crippen LogP contribution is -2.42. The summed E-state index contributed by atoms with van der Waals surface area (Å²) in [6.07, 6.45) is 6.70. The molecule has 3 nitrogen and oxygen atoms in total. The number of amides is 1. The molecule has 1 heterocycles. The third kappa shape index (κ3) is 2.22. The van der Waals surface area contributed by atoms with E-state index < -0.39 is 0 Å². The Labute approximate surface area is 105 Å². The largest absolute Gasteiger partial charge is 0.342 e. The van der Waals surface area contributed by atoms with Crippen LogP contribution in [0.3, 0.4) is 0 Å². The first-order valence-electron chi connectivity index (χ1n) is 7.05. The van der Waals surface area contributed by atoms with Crippen molar-refractivity contribution in [1.82, 2.24) is 4.90 Å². The molecular formula is C14H26N2O. The Kier molecular flexibility index (Phi) is 3.48. The van der Waals surface area contributed by atoms with E-state index in [0.717, 1.165) is 38.8 Å². The fourth-order valence-corrected chi connectivity index (χ4v) is 3.47. The highest BCUT2D eigenvalue weighted by molar-refractivity contribution is 5.83. The van der Waals surface area contributed by atoms with Gasteiger partial charge in [-0.05, 0) is 37.6 Å². The zero-order valence-electron chi connectivity index (χ0n) is 11.3. The molecule has 1 atom stereocenters. The highest BCUT2D eigenvalue weighted by atomic mass is 16.2. The molecule has 0 radical (unpaired) electrons. The Morgan fingerprint density at radius 2 is 1.94 bits per heavy atom. The molecule has 0 spiro atoms. The second-order valence-corrected chi connectivity index (χ2v) is 6.33. The summed E-state index contributed by atoms with van der Waals surface area (Å²) in [5.41, 5.74) is 5.94. The Balaban J connectivity index is 2.06. The molecule has 2 fully saturated rings. The molecule has 98 valence electrons. The Morgan fingerprint density at radius 1 is 1.29 bits per heavy atom. The summed E-state index contributed by atoms with van der Waals surface area (Å²) in [6.45, 7) is 6.84. The van der Waals surface area contributed by atoms with Gasteiger partial charge in [0.15, 0.2) is 0 Å². The molecule has 1 aliphatic heterocycles. The van der Waals surface area contributed by atoms with Gasteiger partial charge in [-0.3, -0.25) is 4.79 Å². The van der Waals surface area contributed by atoms with Crippen LogP contribution in [0.5, 0.6) is 0 Å². The third-order valence-electron chi connectivity index (χ3n) is 5.03. The molecule has 2 N–H and O–H groups in total. The molecule has 3 heteroatoms. The lowest BCUT2D eigenvalue weighted by molar-refractivity contribution is -0.141. The summed E-state index contributed by atoms with van der Waals surface area (Å²) in [5, 5.41) is 0. The van der Waals surface area contributed by atoms with Crippen LogP contribution < -0.4 is 5.73 Å².